The Kier molecular flexibility index (Phi) is 4.99. The van der Waals surface area contributed by atoms with E-state index in [4.69, 9.17) is 15.2 Å². The van der Waals surface area contributed by atoms with Gasteiger partial charge in [-0.15, -0.1) is 0 Å². The number of benzene rings is 1. The molecule has 0 radical (unpaired) electrons. The van der Waals surface area contributed by atoms with Gasteiger partial charge in [0.25, 0.3) is 0 Å². The number of hydrogen-bond donors (Lipinski definition) is 1. The van der Waals surface area contributed by atoms with E-state index in [2.05, 4.69) is 13.8 Å². The van der Waals surface area contributed by atoms with E-state index in [-0.39, 0.29) is 16.9 Å². The van der Waals surface area contributed by atoms with Crippen molar-refractivity contribution in [3.05, 3.63) is 18.2 Å². The smallest absolute Gasteiger partial charge is 0.243 e. The Labute approximate surface area is 132 Å². The molecule has 22 heavy (non-hydrogen) atoms. The van der Waals surface area contributed by atoms with E-state index in [1.54, 1.807) is 6.07 Å². The van der Waals surface area contributed by atoms with Crippen molar-refractivity contribution < 1.29 is 17.9 Å². The van der Waals surface area contributed by atoms with Gasteiger partial charge < -0.3 is 15.2 Å². The SMILES string of the molecule is COc1ccc(S(=O)(=O)N2C[C@@H](N)[C@H](C(C)C)C2)cc1OC. The largest absolute Gasteiger partial charge is 0.493 e. The second-order valence-corrected chi connectivity index (χ2v) is 7.85. The van der Waals surface area contributed by atoms with E-state index in [1.807, 2.05) is 0 Å². The lowest BCUT2D eigenvalue weighted by Gasteiger charge is -2.19. The van der Waals surface area contributed by atoms with Crippen molar-refractivity contribution in [1.82, 2.24) is 4.31 Å². The molecule has 6 nitrogen and oxygen atoms in total. The van der Waals surface area contributed by atoms with Crippen molar-refractivity contribution in [3.63, 3.8) is 0 Å². The topological polar surface area (TPSA) is 81.9 Å². The van der Waals surface area contributed by atoms with Crippen LogP contribution in [0.15, 0.2) is 23.1 Å². The molecule has 1 aliphatic rings. The van der Waals surface area contributed by atoms with Gasteiger partial charge in [-0.2, -0.15) is 4.31 Å². The fourth-order valence-electron chi connectivity index (χ4n) is 2.84. The Bertz CT molecular complexity index is 630. The number of sulfonamides is 1. The molecule has 1 heterocycles. The molecule has 7 heteroatoms. The molecular weight excluding hydrogens is 304 g/mol. The van der Waals surface area contributed by atoms with Crippen LogP contribution in [-0.2, 0) is 10.0 Å². The molecule has 2 atom stereocenters. The lowest BCUT2D eigenvalue weighted by atomic mass is 9.92. The molecule has 0 aromatic heterocycles. The minimum Gasteiger partial charge on any atom is -0.493 e. The highest BCUT2D eigenvalue weighted by molar-refractivity contribution is 7.89. The molecule has 124 valence electrons. The quantitative estimate of drug-likeness (QED) is 0.881. The van der Waals surface area contributed by atoms with Crippen LogP contribution in [0.3, 0.4) is 0 Å². The van der Waals surface area contributed by atoms with Crippen LogP contribution in [0.1, 0.15) is 13.8 Å². The maximum atomic E-state index is 12.8. The summed E-state index contributed by atoms with van der Waals surface area (Å²) in [6, 6.07) is 4.49. The summed E-state index contributed by atoms with van der Waals surface area (Å²) < 4.78 is 37.4. The van der Waals surface area contributed by atoms with Gasteiger partial charge in [-0.1, -0.05) is 13.8 Å². The highest BCUT2D eigenvalue weighted by Gasteiger charge is 2.39. The molecular formula is C15H24N2O4S. The van der Waals surface area contributed by atoms with Crippen LogP contribution in [0.4, 0.5) is 0 Å². The second-order valence-electron chi connectivity index (χ2n) is 5.91. The lowest BCUT2D eigenvalue weighted by molar-refractivity contribution is 0.353. The van der Waals surface area contributed by atoms with Crippen molar-refractivity contribution in [3.8, 4) is 11.5 Å². The zero-order valence-electron chi connectivity index (χ0n) is 13.4. The normalized spacial score (nSPS) is 23.0. The highest BCUT2D eigenvalue weighted by atomic mass is 32.2. The van der Waals surface area contributed by atoms with Gasteiger partial charge in [-0.3, -0.25) is 0 Å². The van der Waals surface area contributed by atoms with Crippen molar-refractivity contribution in [2.75, 3.05) is 27.3 Å². The van der Waals surface area contributed by atoms with E-state index in [0.717, 1.165) is 0 Å². The summed E-state index contributed by atoms with van der Waals surface area (Å²) in [7, 11) is -0.584. The molecule has 1 fully saturated rings. The number of nitrogens with zero attached hydrogens (tertiary/aromatic N) is 1. The average molecular weight is 328 g/mol. The van der Waals surface area contributed by atoms with Gasteiger partial charge in [0.1, 0.15) is 0 Å². The second kappa shape index (κ2) is 6.44. The fourth-order valence-corrected chi connectivity index (χ4v) is 4.37. The third-order valence-electron chi connectivity index (χ3n) is 4.23. The molecule has 0 saturated carbocycles. The Hall–Kier alpha value is -1.31. The molecule has 2 N–H and O–H groups in total. The van der Waals surface area contributed by atoms with Crippen LogP contribution in [0.2, 0.25) is 0 Å². The number of methoxy groups -OCH3 is 2. The van der Waals surface area contributed by atoms with E-state index >= 15 is 0 Å². The van der Waals surface area contributed by atoms with E-state index in [1.165, 1.54) is 30.7 Å². The first-order valence-corrected chi connectivity index (χ1v) is 8.73. The summed E-state index contributed by atoms with van der Waals surface area (Å²) in [5, 5.41) is 0. The maximum absolute atomic E-state index is 12.8. The van der Waals surface area contributed by atoms with Crippen LogP contribution >= 0.6 is 0 Å². The molecule has 1 saturated heterocycles. The van der Waals surface area contributed by atoms with Crippen molar-refractivity contribution >= 4 is 10.0 Å². The number of ether oxygens (including phenoxy) is 2. The van der Waals surface area contributed by atoms with E-state index < -0.39 is 10.0 Å². The Morgan fingerprint density at radius 3 is 2.32 bits per heavy atom. The molecule has 0 bridgehead atoms. The predicted octanol–water partition coefficient (Wildman–Crippen LogP) is 1.31. The van der Waals surface area contributed by atoms with Gasteiger partial charge in [-0.05, 0) is 24.0 Å². The van der Waals surface area contributed by atoms with Gasteiger partial charge in [0, 0.05) is 25.2 Å². The predicted molar refractivity (Wildman–Crippen MR) is 84.6 cm³/mol. The van der Waals surface area contributed by atoms with Crippen LogP contribution < -0.4 is 15.2 Å². The fraction of sp³-hybridized carbons (Fsp3) is 0.600. The molecule has 0 aliphatic carbocycles. The summed E-state index contributed by atoms with van der Waals surface area (Å²) in [4.78, 5) is 0.196. The Balaban J connectivity index is 2.32. The average Bonchev–Trinajstić information content (AvgIpc) is 2.89. The van der Waals surface area contributed by atoms with Crippen LogP contribution in [0, 0.1) is 11.8 Å². The summed E-state index contributed by atoms with van der Waals surface area (Å²) in [6.07, 6.45) is 0. The van der Waals surface area contributed by atoms with Crippen LogP contribution in [0.5, 0.6) is 11.5 Å². The molecule has 1 aromatic rings. The van der Waals surface area contributed by atoms with Crippen molar-refractivity contribution in [2.24, 2.45) is 17.6 Å². The third kappa shape index (κ3) is 3.06. The molecule has 0 amide bonds. The number of rotatable bonds is 5. The molecule has 0 spiro atoms. The van der Waals surface area contributed by atoms with Gasteiger partial charge in [0.2, 0.25) is 10.0 Å². The number of nitrogens with two attached hydrogens (primary N) is 1. The number of hydrogen-bond acceptors (Lipinski definition) is 5. The third-order valence-corrected chi connectivity index (χ3v) is 6.06. The minimum absolute atomic E-state index is 0.130. The minimum atomic E-state index is -3.58. The van der Waals surface area contributed by atoms with Gasteiger partial charge in [-0.25, -0.2) is 8.42 Å². The first kappa shape index (κ1) is 17.1. The summed E-state index contributed by atoms with van der Waals surface area (Å²) >= 11 is 0. The molecule has 0 unspecified atom stereocenters. The first-order chi connectivity index (χ1) is 10.3. The highest BCUT2D eigenvalue weighted by Crippen LogP contribution is 2.33. The standard InChI is InChI=1S/C15H24N2O4S/c1-10(2)12-8-17(9-13(12)16)22(18,19)11-5-6-14(20-3)15(7-11)21-4/h5-7,10,12-13H,8-9,16H2,1-4H3/t12-,13+/m0/s1. The van der Waals surface area contributed by atoms with Crippen LogP contribution in [0.25, 0.3) is 0 Å². The Morgan fingerprint density at radius 1 is 1.18 bits per heavy atom. The zero-order valence-corrected chi connectivity index (χ0v) is 14.3. The van der Waals surface area contributed by atoms with Gasteiger partial charge in [0.05, 0.1) is 19.1 Å². The van der Waals surface area contributed by atoms with E-state index in [0.29, 0.717) is 30.5 Å². The lowest BCUT2D eigenvalue weighted by Crippen LogP contribution is -2.33. The van der Waals surface area contributed by atoms with Crippen LogP contribution in [-0.4, -0.2) is 46.1 Å². The summed E-state index contributed by atoms with van der Waals surface area (Å²) in [5.41, 5.74) is 6.10. The molecule has 1 aliphatic heterocycles. The maximum Gasteiger partial charge on any atom is 0.243 e. The zero-order chi connectivity index (χ0) is 16.5. The molecule has 1 aromatic carbocycles. The Morgan fingerprint density at radius 2 is 1.82 bits per heavy atom. The van der Waals surface area contributed by atoms with Crippen molar-refractivity contribution in [2.45, 2.75) is 24.8 Å². The van der Waals surface area contributed by atoms with E-state index in [9.17, 15) is 8.42 Å². The summed E-state index contributed by atoms with van der Waals surface area (Å²) in [5.74, 6) is 1.42. The monoisotopic (exact) mass is 328 g/mol. The van der Waals surface area contributed by atoms with Gasteiger partial charge >= 0.3 is 0 Å². The van der Waals surface area contributed by atoms with Crippen molar-refractivity contribution in [1.29, 1.82) is 0 Å². The first-order valence-electron chi connectivity index (χ1n) is 7.29. The van der Waals surface area contributed by atoms with Gasteiger partial charge in [0.15, 0.2) is 11.5 Å². The molecule has 2 rings (SSSR count). The summed E-state index contributed by atoms with van der Waals surface area (Å²) in [6.45, 7) is 4.93.